The minimum atomic E-state index is -0.487. The van der Waals surface area contributed by atoms with Crippen LogP contribution in [0.4, 0.5) is 11.5 Å². The number of aromatic nitrogens is 2. The van der Waals surface area contributed by atoms with E-state index in [9.17, 15) is 14.7 Å². The van der Waals surface area contributed by atoms with Gasteiger partial charge in [0, 0.05) is 19.6 Å². The molecule has 0 bridgehead atoms. The van der Waals surface area contributed by atoms with Gasteiger partial charge in [-0.3, -0.25) is 14.3 Å². The van der Waals surface area contributed by atoms with E-state index in [1.807, 2.05) is 11.8 Å². The van der Waals surface area contributed by atoms with Crippen LogP contribution in [0.3, 0.4) is 0 Å². The van der Waals surface area contributed by atoms with Crippen LogP contribution in [0.25, 0.3) is 0 Å². The van der Waals surface area contributed by atoms with Gasteiger partial charge >= 0.3 is 5.69 Å². The minimum absolute atomic E-state index is 0.0644. The van der Waals surface area contributed by atoms with Crippen LogP contribution in [0, 0.1) is 5.92 Å². The summed E-state index contributed by atoms with van der Waals surface area (Å²) in [5, 5.41) is 9.73. The number of nitrogens with zero attached hydrogens (tertiary/aromatic N) is 2. The summed E-state index contributed by atoms with van der Waals surface area (Å²) in [6, 6.07) is 0. The number of hydrogen-bond donors (Lipinski definition) is 3. The van der Waals surface area contributed by atoms with Crippen molar-refractivity contribution in [2.45, 2.75) is 32.9 Å². The molecular formula is C12H20N4O3. The molecule has 1 aliphatic heterocycles. The van der Waals surface area contributed by atoms with Gasteiger partial charge in [-0.15, -0.1) is 0 Å². The number of hydrogen-bond acceptors (Lipinski definition) is 5. The average molecular weight is 268 g/mol. The van der Waals surface area contributed by atoms with Crippen LogP contribution in [-0.2, 0) is 6.54 Å². The molecule has 0 spiro atoms. The summed E-state index contributed by atoms with van der Waals surface area (Å²) in [6.07, 6.45) is 0.235. The molecule has 0 radical (unpaired) electrons. The van der Waals surface area contributed by atoms with Crippen LogP contribution in [0.1, 0.15) is 20.3 Å². The number of anilines is 2. The summed E-state index contributed by atoms with van der Waals surface area (Å²) in [5.41, 5.74) is 5.33. The highest BCUT2D eigenvalue weighted by Gasteiger charge is 2.27. The van der Waals surface area contributed by atoms with E-state index in [-0.39, 0.29) is 17.8 Å². The van der Waals surface area contributed by atoms with Gasteiger partial charge in [-0.25, -0.2) is 4.79 Å². The van der Waals surface area contributed by atoms with Crippen LogP contribution in [-0.4, -0.2) is 33.9 Å². The maximum atomic E-state index is 12.0. The first-order chi connectivity index (χ1) is 8.95. The number of piperidine rings is 1. The van der Waals surface area contributed by atoms with Crippen molar-refractivity contribution in [1.82, 2.24) is 9.55 Å². The quantitative estimate of drug-likeness (QED) is 0.661. The first-order valence-corrected chi connectivity index (χ1v) is 6.51. The summed E-state index contributed by atoms with van der Waals surface area (Å²) >= 11 is 0. The number of aliphatic hydroxyl groups excluding tert-OH is 1. The van der Waals surface area contributed by atoms with Crippen molar-refractivity contribution in [2.24, 2.45) is 5.92 Å². The highest BCUT2D eigenvalue weighted by Crippen LogP contribution is 2.24. The molecule has 0 amide bonds. The molecule has 2 heterocycles. The number of rotatable bonds is 2. The van der Waals surface area contributed by atoms with E-state index >= 15 is 0 Å². The maximum Gasteiger partial charge on any atom is 0.330 e. The summed E-state index contributed by atoms with van der Waals surface area (Å²) in [5.74, 6) is 0.259. The summed E-state index contributed by atoms with van der Waals surface area (Å²) < 4.78 is 1.34. The van der Waals surface area contributed by atoms with Crippen LogP contribution in [0.5, 0.6) is 0 Å². The first kappa shape index (κ1) is 13.7. The SMILES string of the molecule is CCn1c(N)c(N2CCC(O)C(C)C2)c(=O)[nH]c1=O. The number of nitrogens with one attached hydrogen (secondary N) is 1. The molecule has 0 aromatic carbocycles. The molecule has 19 heavy (non-hydrogen) atoms. The van der Waals surface area contributed by atoms with Gasteiger partial charge < -0.3 is 15.7 Å². The second-order valence-corrected chi connectivity index (χ2v) is 5.02. The van der Waals surface area contributed by atoms with E-state index in [0.717, 1.165) is 0 Å². The number of nitrogen functional groups attached to an aromatic ring is 1. The van der Waals surface area contributed by atoms with E-state index in [1.54, 1.807) is 6.92 Å². The number of H-pyrrole nitrogens is 1. The van der Waals surface area contributed by atoms with Crippen LogP contribution in [0.2, 0.25) is 0 Å². The maximum absolute atomic E-state index is 12.0. The van der Waals surface area contributed by atoms with Gasteiger partial charge in [0.15, 0.2) is 0 Å². The molecule has 1 aliphatic rings. The largest absolute Gasteiger partial charge is 0.393 e. The summed E-state index contributed by atoms with van der Waals surface area (Å²) in [7, 11) is 0. The molecule has 1 aromatic rings. The van der Waals surface area contributed by atoms with Crippen molar-refractivity contribution in [3.05, 3.63) is 20.8 Å². The molecule has 2 unspecified atom stereocenters. The zero-order chi connectivity index (χ0) is 14.2. The highest BCUT2D eigenvalue weighted by atomic mass is 16.3. The topological polar surface area (TPSA) is 104 Å². The Kier molecular flexibility index (Phi) is 3.66. The molecule has 7 nitrogen and oxygen atoms in total. The third-order valence-corrected chi connectivity index (χ3v) is 3.71. The van der Waals surface area contributed by atoms with Crippen LogP contribution in [0.15, 0.2) is 9.59 Å². The molecule has 4 N–H and O–H groups in total. The molecule has 106 valence electrons. The van der Waals surface area contributed by atoms with Crippen molar-refractivity contribution in [3.63, 3.8) is 0 Å². The van der Waals surface area contributed by atoms with Crippen molar-refractivity contribution in [1.29, 1.82) is 0 Å². The third-order valence-electron chi connectivity index (χ3n) is 3.71. The summed E-state index contributed by atoms with van der Waals surface area (Å²) in [6.45, 7) is 5.23. The first-order valence-electron chi connectivity index (χ1n) is 6.51. The lowest BCUT2D eigenvalue weighted by molar-refractivity contribution is 0.0970. The van der Waals surface area contributed by atoms with Gasteiger partial charge in [-0.05, 0) is 19.3 Å². The molecular weight excluding hydrogens is 248 g/mol. The highest BCUT2D eigenvalue weighted by molar-refractivity contribution is 5.62. The fraction of sp³-hybridized carbons (Fsp3) is 0.667. The van der Waals surface area contributed by atoms with Crippen molar-refractivity contribution < 1.29 is 5.11 Å². The molecule has 1 aromatic heterocycles. The molecule has 7 heteroatoms. The molecule has 0 saturated carbocycles. The van der Waals surface area contributed by atoms with Gasteiger partial charge in [0.25, 0.3) is 5.56 Å². The fourth-order valence-corrected chi connectivity index (χ4v) is 2.53. The van der Waals surface area contributed by atoms with E-state index in [4.69, 9.17) is 5.73 Å². The monoisotopic (exact) mass is 268 g/mol. The Morgan fingerprint density at radius 1 is 1.47 bits per heavy atom. The normalized spacial score (nSPS) is 23.6. The van der Waals surface area contributed by atoms with Gasteiger partial charge in [0.2, 0.25) is 0 Å². The van der Waals surface area contributed by atoms with E-state index in [0.29, 0.717) is 31.7 Å². The molecule has 1 fully saturated rings. The lowest BCUT2D eigenvalue weighted by Gasteiger charge is -2.35. The van der Waals surface area contributed by atoms with Crippen molar-refractivity contribution in [3.8, 4) is 0 Å². The van der Waals surface area contributed by atoms with Crippen molar-refractivity contribution >= 4 is 11.5 Å². The minimum Gasteiger partial charge on any atom is -0.393 e. The van der Waals surface area contributed by atoms with Crippen molar-refractivity contribution in [2.75, 3.05) is 23.7 Å². The zero-order valence-electron chi connectivity index (χ0n) is 11.2. The molecule has 0 aliphatic carbocycles. The Labute approximate surface area is 110 Å². The second kappa shape index (κ2) is 5.08. The number of aliphatic hydroxyl groups is 1. The third kappa shape index (κ3) is 2.37. The van der Waals surface area contributed by atoms with Gasteiger partial charge in [-0.1, -0.05) is 6.92 Å². The lowest BCUT2D eigenvalue weighted by atomic mass is 9.96. The Bertz CT molecular complexity index is 577. The van der Waals surface area contributed by atoms with E-state index < -0.39 is 11.2 Å². The predicted molar refractivity (Wildman–Crippen MR) is 73.4 cm³/mol. The van der Waals surface area contributed by atoms with Gasteiger partial charge in [0.1, 0.15) is 11.5 Å². The molecule has 1 saturated heterocycles. The Morgan fingerprint density at radius 2 is 2.16 bits per heavy atom. The smallest absolute Gasteiger partial charge is 0.330 e. The number of aromatic amines is 1. The Morgan fingerprint density at radius 3 is 2.74 bits per heavy atom. The van der Waals surface area contributed by atoms with Gasteiger partial charge in [0.05, 0.1) is 6.10 Å². The van der Waals surface area contributed by atoms with E-state index in [2.05, 4.69) is 4.98 Å². The summed E-state index contributed by atoms with van der Waals surface area (Å²) in [4.78, 5) is 27.7. The van der Waals surface area contributed by atoms with Crippen LogP contribution >= 0.6 is 0 Å². The van der Waals surface area contributed by atoms with E-state index in [1.165, 1.54) is 4.57 Å². The van der Waals surface area contributed by atoms with Crippen LogP contribution < -0.4 is 21.9 Å². The van der Waals surface area contributed by atoms with Gasteiger partial charge in [-0.2, -0.15) is 0 Å². The fourth-order valence-electron chi connectivity index (χ4n) is 2.53. The Hall–Kier alpha value is -1.76. The number of nitrogens with two attached hydrogens (primary N) is 1. The average Bonchev–Trinajstić information content (AvgIpc) is 2.33. The molecule has 2 rings (SSSR count). The second-order valence-electron chi connectivity index (χ2n) is 5.02. The molecule has 2 atom stereocenters. The lowest BCUT2D eigenvalue weighted by Crippen LogP contribution is -2.46. The Balaban J connectivity index is 2.46. The zero-order valence-corrected chi connectivity index (χ0v) is 11.2. The predicted octanol–water partition coefficient (Wildman–Crippen LogP) is -0.654. The standard InChI is InChI=1S/C12H20N4O3/c1-3-16-10(13)9(11(18)14-12(16)19)15-5-4-8(17)7(2)6-15/h7-8,17H,3-6,13H2,1-2H3,(H,14,18,19).